The monoisotopic (exact) mass is 271 g/mol. The first kappa shape index (κ1) is 16.1. The third-order valence-corrected chi connectivity index (χ3v) is 3.87. The predicted octanol–water partition coefficient (Wildman–Crippen LogP) is 3.51. The molecule has 1 aromatic carbocycles. The van der Waals surface area contributed by atoms with E-state index in [9.17, 15) is 13.9 Å². The number of rotatable bonds is 8. The number of aliphatic hydroxyl groups is 1. The number of nitrogens with one attached hydrogen (secondary N) is 1. The van der Waals surface area contributed by atoms with Crippen LogP contribution in [0.1, 0.15) is 44.2 Å². The number of halogens is 2. The van der Waals surface area contributed by atoms with Crippen molar-refractivity contribution in [1.29, 1.82) is 0 Å². The summed E-state index contributed by atoms with van der Waals surface area (Å²) in [6, 6.07) is 6.44. The van der Waals surface area contributed by atoms with Crippen LogP contribution >= 0.6 is 0 Å². The average molecular weight is 271 g/mol. The molecule has 0 aliphatic rings. The minimum Gasteiger partial charge on any atom is -0.396 e. The van der Waals surface area contributed by atoms with Crippen molar-refractivity contribution < 1.29 is 13.9 Å². The highest BCUT2D eigenvalue weighted by Gasteiger charge is 2.24. The first-order valence-corrected chi connectivity index (χ1v) is 6.75. The quantitative estimate of drug-likeness (QED) is 0.758. The Morgan fingerprint density at radius 1 is 1.26 bits per heavy atom. The topological polar surface area (TPSA) is 32.3 Å². The first-order valence-electron chi connectivity index (χ1n) is 6.75. The van der Waals surface area contributed by atoms with Crippen LogP contribution in [0.25, 0.3) is 0 Å². The molecule has 19 heavy (non-hydrogen) atoms. The smallest absolute Gasteiger partial charge is 0.263 e. The normalized spacial score (nSPS) is 12.1. The number of benzene rings is 1. The van der Waals surface area contributed by atoms with Gasteiger partial charge in [-0.25, -0.2) is 8.78 Å². The van der Waals surface area contributed by atoms with Crippen LogP contribution in [-0.2, 0) is 6.54 Å². The zero-order valence-corrected chi connectivity index (χ0v) is 11.6. The molecule has 1 aromatic rings. The van der Waals surface area contributed by atoms with Crippen LogP contribution in [0.5, 0.6) is 0 Å². The van der Waals surface area contributed by atoms with Crippen LogP contribution in [0.4, 0.5) is 8.78 Å². The molecule has 0 fully saturated rings. The van der Waals surface area contributed by atoms with Crippen LogP contribution in [0.3, 0.4) is 0 Å². The van der Waals surface area contributed by atoms with E-state index in [1.54, 1.807) is 6.07 Å². The van der Waals surface area contributed by atoms with Crippen LogP contribution in [0.2, 0.25) is 0 Å². The Hall–Kier alpha value is -1.00. The molecule has 0 atom stereocenters. The lowest BCUT2D eigenvalue weighted by Crippen LogP contribution is -2.36. The van der Waals surface area contributed by atoms with Gasteiger partial charge in [-0.1, -0.05) is 32.0 Å². The molecule has 0 amide bonds. The van der Waals surface area contributed by atoms with E-state index in [1.165, 1.54) is 12.1 Å². The second kappa shape index (κ2) is 7.56. The number of alkyl halides is 2. The standard InChI is InChI=1S/C15H23F2NO/c1-3-15(4-2,11-19)10-18-9-12-6-5-7-13(8-12)14(16)17/h5-8,14,18-19H,3-4,9-11H2,1-2H3. The molecule has 0 aliphatic heterocycles. The number of hydrogen-bond acceptors (Lipinski definition) is 2. The molecule has 0 saturated heterocycles. The van der Waals surface area contributed by atoms with E-state index in [1.807, 2.05) is 6.07 Å². The van der Waals surface area contributed by atoms with Gasteiger partial charge in [-0.2, -0.15) is 0 Å². The molecule has 0 radical (unpaired) electrons. The van der Waals surface area contributed by atoms with Gasteiger partial charge < -0.3 is 10.4 Å². The Balaban J connectivity index is 2.55. The number of hydrogen-bond donors (Lipinski definition) is 2. The molecule has 108 valence electrons. The molecule has 0 saturated carbocycles. The third kappa shape index (κ3) is 4.55. The minimum absolute atomic E-state index is 0.0544. The van der Waals surface area contributed by atoms with Gasteiger partial charge in [0.2, 0.25) is 0 Å². The van der Waals surface area contributed by atoms with Crippen molar-refractivity contribution in [2.24, 2.45) is 5.41 Å². The van der Waals surface area contributed by atoms with Crippen LogP contribution in [-0.4, -0.2) is 18.3 Å². The van der Waals surface area contributed by atoms with E-state index in [0.717, 1.165) is 18.4 Å². The summed E-state index contributed by atoms with van der Waals surface area (Å²) in [5, 5.41) is 12.7. The molecule has 0 aliphatic carbocycles. The Bertz CT molecular complexity index is 370. The van der Waals surface area contributed by atoms with Crippen molar-refractivity contribution >= 4 is 0 Å². The van der Waals surface area contributed by atoms with E-state index in [4.69, 9.17) is 0 Å². The van der Waals surface area contributed by atoms with Crippen molar-refractivity contribution in [1.82, 2.24) is 5.32 Å². The Kier molecular flexibility index (Phi) is 6.38. The van der Waals surface area contributed by atoms with Gasteiger partial charge in [0, 0.05) is 30.7 Å². The molecular formula is C15H23F2NO. The second-order valence-electron chi connectivity index (χ2n) is 5.01. The second-order valence-corrected chi connectivity index (χ2v) is 5.01. The lowest BCUT2D eigenvalue weighted by atomic mass is 9.83. The van der Waals surface area contributed by atoms with Gasteiger partial charge in [0.1, 0.15) is 0 Å². The summed E-state index contributed by atoms with van der Waals surface area (Å²) < 4.78 is 25.1. The lowest BCUT2D eigenvalue weighted by Gasteiger charge is -2.29. The Morgan fingerprint density at radius 3 is 2.47 bits per heavy atom. The molecule has 0 heterocycles. The Labute approximate surface area is 113 Å². The third-order valence-electron chi connectivity index (χ3n) is 3.87. The highest BCUT2D eigenvalue weighted by molar-refractivity contribution is 5.24. The van der Waals surface area contributed by atoms with Crippen molar-refractivity contribution in [3.63, 3.8) is 0 Å². The highest BCUT2D eigenvalue weighted by atomic mass is 19.3. The molecule has 0 unspecified atom stereocenters. The predicted molar refractivity (Wildman–Crippen MR) is 73.2 cm³/mol. The van der Waals surface area contributed by atoms with Crippen molar-refractivity contribution in [2.45, 2.75) is 39.7 Å². The van der Waals surface area contributed by atoms with Gasteiger partial charge in [0.05, 0.1) is 0 Å². The van der Waals surface area contributed by atoms with Crippen LogP contribution < -0.4 is 5.32 Å². The van der Waals surface area contributed by atoms with Crippen LogP contribution in [0.15, 0.2) is 24.3 Å². The molecule has 0 aromatic heterocycles. The summed E-state index contributed by atoms with van der Waals surface area (Å²) >= 11 is 0. The summed E-state index contributed by atoms with van der Waals surface area (Å²) in [6.45, 7) is 5.49. The van der Waals surface area contributed by atoms with E-state index >= 15 is 0 Å². The van der Waals surface area contributed by atoms with Crippen molar-refractivity contribution in [3.8, 4) is 0 Å². The van der Waals surface area contributed by atoms with Gasteiger partial charge in [-0.15, -0.1) is 0 Å². The summed E-state index contributed by atoms with van der Waals surface area (Å²) in [5.74, 6) is 0. The minimum atomic E-state index is -2.43. The molecule has 2 nitrogen and oxygen atoms in total. The molecule has 0 spiro atoms. The van der Waals surface area contributed by atoms with Crippen molar-refractivity contribution in [3.05, 3.63) is 35.4 Å². The fourth-order valence-electron chi connectivity index (χ4n) is 2.09. The summed E-state index contributed by atoms with van der Waals surface area (Å²) in [4.78, 5) is 0. The summed E-state index contributed by atoms with van der Waals surface area (Å²) in [6.07, 6.45) is -0.642. The van der Waals surface area contributed by atoms with Gasteiger partial charge in [-0.05, 0) is 24.5 Å². The highest BCUT2D eigenvalue weighted by Crippen LogP contribution is 2.24. The molecule has 0 bridgehead atoms. The van der Waals surface area contributed by atoms with Gasteiger partial charge in [0.15, 0.2) is 0 Å². The first-order chi connectivity index (χ1) is 9.06. The van der Waals surface area contributed by atoms with E-state index in [-0.39, 0.29) is 17.6 Å². The maximum atomic E-state index is 12.6. The maximum Gasteiger partial charge on any atom is 0.263 e. The lowest BCUT2D eigenvalue weighted by molar-refractivity contribution is 0.113. The van der Waals surface area contributed by atoms with Crippen LogP contribution in [0, 0.1) is 5.41 Å². The molecule has 1 rings (SSSR count). The fourth-order valence-corrected chi connectivity index (χ4v) is 2.09. The zero-order chi connectivity index (χ0) is 14.3. The molecular weight excluding hydrogens is 248 g/mol. The molecule has 4 heteroatoms. The SMILES string of the molecule is CCC(CC)(CO)CNCc1cccc(C(F)F)c1. The largest absolute Gasteiger partial charge is 0.396 e. The maximum absolute atomic E-state index is 12.6. The average Bonchev–Trinajstić information content (AvgIpc) is 2.44. The zero-order valence-electron chi connectivity index (χ0n) is 11.6. The summed E-state index contributed by atoms with van der Waals surface area (Å²) in [7, 11) is 0. The van der Waals surface area contributed by atoms with E-state index in [0.29, 0.717) is 13.1 Å². The van der Waals surface area contributed by atoms with Gasteiger partial charge in [-0.3, -0.25) is 0 Å². The molecule has 2 N–H and O–H groups in total. The Morgan fingerprint density at radius 2 is 1.95 bits per heavy atom. The van der Waals surface area contributed by atoms with Gasteiger partial charge >= 0.3 is 0 Å². The summed E-state index contributed by atoms with van der Waals surface area (Å²) in [5.41, 5.74) is 0.788. The van der Waals surface area contributed by atoms with E-state index < -0.39 is 6.43 Å². The van der Waals surface area contributed by atoms with E-state index in [2.05, 4.69) is 19.2 Å². The fraction of sp³-hybridized carbons (Fsp3) is 0.600. The number of aliphatic hydroxyl groups excluding tert-OH is 1. The van der Waals surface area contributed by atoms with Gasteiger partial charge in [0.25, 0.3) is 6.43 Å². The van der Waals surface area contributed by atoms with Crippen molar-refractivity contribution in [2.75, 3.05) is 13.2 Å².